The number of rotatable bonds is 5. The maximum atomic E-state index is 13.2. The number of anilines is 1. The highest BCUT2D eigenvalue weighted by Crippen LogP contribution is 2.23. The third-order valence-corrected chi connectivity index (χ3v) is 5.55. The number of amides is 1. The first-order valence-electron chi connectivity index (χ1n) is 9.93. The number of nitrogens with one attached hydrogen (secondary N) is 1. The normalized spacial score (nSPS) is 16.2. The summed E-state index contributed by atoms with van der Waals surface area (Å²) in [5.41, 5.74) is 3.98. The molecule has 6 heteroatoms. The lowest BCUT2D eigenvalue weighted by Gasteiger charge is -2.18. The summed E-state index contributed by atoms with van der Waals surface area (Å²) in [7, 11) is 0. The van der Waals surface area contributed by atoms with E-state index in [2.05, 4.69) is 39.6 Å². The maximum absolute atomic E-state index is 13.2. The smallest absolute Gasteiger partial charge is 0.255 e. The molecule has 3 aromatic rings. The van der Waals surface area contributed by atoms with E-state index in [0.717, 1.165) is 30.9 Å². The van der Waals surface area contributed by atoms with Crippen molar-refractivity contribution in [1.29, 1.82) is 0 Å². The minimum atomic E-state index is -0.297. The molecule has 1 aliphatic rings. The van der Waals surface area contributed by atoms with Crippen LogP contribution < -0.4 is 10.2 Å². The SMILES string of the molecule is Cc1nn(-c2ccc(F)cc2)c(C)c1C(=O)NCC1CCN(c2ccccc2)C1. The summed E-state index contributed by atoms with van der Waals surface area (Å²) >= 11 is 0. The van der Waals surface area contributed by atoms with Gasteiger partial charge in [0.2, 0.25) is 0 Å². The van der Waals surface area contributed by atoms with Crippen molar-refractivity contribution in [3.8, 4) is 5.69 Å². The van der Waals surface area contributed by atoms with E-state index in [1.807, 2.05) is 19.9 Å². The molecular weight excluding hydrogens is 367 g/mol. The topological polar surface area (TPSA) is 50.2 Å². The summed E-state index contributed by atoms with van der Waals surface area (Å²) < 4.78 is 14.9. The Balaban J connectivity index is 1.41. The summed E-state index contributed by atoms with van der Waals surface area (Å²) in [6.45, 7) is 6.28. The van der Waals surface area contributed by atoms with E-state index >= 15 is 0 Å². The highest BCUT2D eigenvalue weighted by molar-refractivity contribution is 5.96. The lowest BCUT2D eigenvalue weighted by atomic mass is 10.1. The van der Waals surface area contributed by atoms with Gasteiger partial charge in [0.15, 0.2) is 0 Å². The Morgan fingerprint density at radius 1 is 1.10 bits per heavy atom. The molecule has 1 unspecified atom stereocenters. The third-order valence-electron chi connectivity index (χ3n) is 5.55. The summed E-state index contributed by atoms with van der Waals surface area (Å²) in [4.78, 5) is 15.2. The predicted octanol–water partition coefficient (Wildman–Crippen LogP) is 3.88. The molecule has 0 bridgehead atoms. The second kappa shape index (κ2) is 8.07. The molecule has 2 aromatic carbocycles. The molecule has 1 saturated heterocycles. The van der Waals surface area contributed by atoms with Crippen LogP contribution >= 0.6 is 0 Å². The number of hydrogen-bond acceptors (Lipinski definition) is 3. The van der Waals surface area contributed by atoms with E-state index in [0.29, 0.717) is 23.7 Å². The summed E-state index contributed by atoms with van der Waals surface area (Å²) in [6.07, 6.45) is 1.06. The number of benzene rings is 2. The van der Waals surface area contributed by atoms with Crippen LogP contribution in [0.25, 0.3) is 5.69 Å². The summed E-state index contributed by atoms with van der Waals surface area (Å²) in [6, 6.07) is 16.5. The van der Waals surface area contributed by atoms with Crippen LogP contribution in [0.3, 0.4) is 0 Å². The monoisotopic (exact) mass is 392 g/mol. The van der Waals surface area contributed by atoms with Gasteiger partial charge >= 0.3 is 0 Å². The largest absolute Gasteiger partial charge is 0.371 e. The molecule has 0 radical (unpaired) electrons. The van der Waals surface area contributed by atoms with E-state index in [9.17, 15) is 9.18 Å². The zero-order valence-corrected chi connectivity index (χ0v) is 16.7. The van der Waals surface area contributed by atoms with Crippen LogP contribution in [-0.2, 0) is 0 Å². The fraction of sp³-hybridized carbons (Fsp3) is 0.304. The molecule has 1 fully saturated rings. The van der Waals surface area contributed by atoms with Gasteiger partial charge in [-0.2, -0.15) is 5.10 Å². The fourth-order valence-electron chi connectivity index (χ4n) is 4.00. The summed E-state index contributed by atoms with van der Waals surface area (Å²) in [5.74, 6) is 0.0211. The highest BCUT2D eigenvalue weighted by Gasteiger charge is 2.25. The van der Waals surface area contributed by atoms with Crippen LogP contribution in [-0.4, -0.2) is 35.3 Å². The lowest BCUT2D eigenvalue weighted by Crippen LogP contribution is -2.31. The van der Waals surface area contributed by atoms with Gasteiger partial charge < -0.3 is 10.2 Å². The van der Waals surface area contributed by atoms with E-state index in [-0.39, 0.29) is 11.7 Å². The Morgan fingerprint density at radius 2 is 1.83 bits per heavy atom. The van der Waals surface area contributed by atoms with Gasteiger partial charge in [-0.15, -0.1) is 0 Å². The van der Waals surface area contributed by atoms with Crippen molar-refractivity contribution in [2.75, 3.05) is 24.5 Å². The van der Waals surface area contributed by atoms with Gasteiger partial charge in [-0.25, -0.2) is 9.07 Å². The van der Waals surface area contributed by atoms with Crippen molar-refractivity contribution >= 4 is 11.6 Å². The number of hydrogen-bond donors (Lipinski definition) is 1. The number of carbonyl (C=O) groups excluding carboxylic acids is 1. The first kappa shape index (κ1) is 19.2. The third kappa shape index (κ3) is 4.01. The molecule has 2 heterocycles. The Bertz CT molecular complexity index is 998. The number of aromatic nitrogens is 2. The average molecular weight is 392 g/mol. The van der Waals surface area contributed by atoms with E-state index in [1.165, 1.54) is 17.8 Å². The lowest BCUT2D eigenvalue weighted by molar-refractivity contribution is 0.0947. The van der Waals surface area contributed by atoms with Gasteiger partial charge in [0.05, 0.1) is 22.6 Å². The first-order valence-corrected chi connectivity index (χ1v) is 9.93. The number of aryl methyl sites for hydroxylation is 1. The quantitative estimate of drug-likeness (QED) is 0.717. The second-order valence-electron chi connectivity index (χ2n) is 7.58. The van der Waals surface area contributed by atoms with Crippen molar-refractivity contribution < 1.29 is 9.18 Å². The van der Waals surface area contributed by atoms with Crippen molar-refractivity contribution in [2.24, 2.45) is 5.92 Å². The molecule has 29 heavy (non-hydrogen) atoms. The molecule has 150 valence electrons. The van der Waals surface area contributed by atoms with Gasteiger partial charge in [0, 0.05) is 25.3 Å². The van der Waals surface area contributed by atoms with Crippen LogP contribution in [0.2, 0.25) is 0 Å². The van der Waals surface area contributed by atoms with Crippen molar-refractivity contribution in [1.82, 2.24) is 15.1 Å². The number of carbonyl (C=O) groups is 1. The van der Waals surface area contributed by atoms with Crippen molar-refractivity contribution in [2.45, 2.75) is 20.3 Å². The number of halogens is 1. The Hall–Kier alpha value is -3.15. The molecule has 1 aliphatic heterocycles. The van der Waals surface area contributed by atoms with Crippen LogP contribution in [0.1, 0.15) is 28.2 Å². The van der Waals surface area contributed by atoms with Crippen molar-refractivity contribution in [3.05, 3.63) is 77.4 Å². The molecule has 0 aliphatic carbocycles. The van der Waals surface area contributed by atoms with E-state index in [1.54, 1.807) is 16.8 Å². The zero-order valence-electron chi connectivity index (χ0n) is 16.7. The number of nitrogens with zero attached hydrogens (tertiary/aromatic N) is 3. The van der Waals surface area contributed by atoms with Crippen LogP contribution in [0, 0.1) is 25.6 Å². The number of para-hydroxylation sites is 1. The average Bonchev–Trinajstić information content (AvgIpc) is 3.32. The Morgan fingerprint density at radius 3 is 2.55 bits per heavy atom. The molecule has 1 atom stereocenters. The van der Waals surface area contributed by atoms with Gasteiger partial charge in [0.1, 0.15) is 5.82 Å². The second-order valence-corrected chi connectivity index (χ2v) is 7.58. The Kier molecular flexibility index (Phi) is 5.34. The maximum Gasteiger partial charge on any atom is 0.255 e. The molecule has 1 aromatic heterocycles. The zero-order chi connectivity index (χ0) is 20.4. The van der Waals surface area contributed by atoms with Gasteiger partial charge in [-0.05, 0) is 62.6 Å². The van der Waals surface area contributed by atoms with Gasteiger partial charge in [-0.1, -0.05) is 18.2 Å². The van der Waals surface area contributed by atoms with E-state index in [4.69, 9.17) is 0 Å². The van der Waals surface area contributed by atoms with Crippen LogP contribution in [0.4, 0.5) is 10.1 Å². The standard InChI is InChI=1S/C23H25FN4O/c1-16-22(17(2)28(26-16)21-10-8-19(24)9-11-21)23(29)25-14-18-12-13-27(15-18)20-6-4-3-5-7-20/h3-11,18H,12-15H2,1-2H3,(H,25,29). The van der Waals surface area contributed by atoms with Crippen molar-refractivity contribution in [3.63, 3.8) is 0 Å². The van der Waals surface area contributed by atoms with Gasteiger partial charge in [-0.3, -0.25) is 4.79 Å². The predicted molar refractivity (Wildman–Crippen MR) is 112 cm³/mol. The highest BCUT2D eigenvalue weighted by atomic mass is 19.1. The van der Waals surface area contributed by atoms with Crippen LogP contribution in [0.5, 0.6) is 0 Å². The molecule has 0 spiro atoms. The molecule has 0 saturated carbocycles. The molecule has 4 rings (SSSR count). The summed E-state index contributed by atoms with van der Waals surface area (Å²) in [5, 5.41) is 7.58. The molecule has 1 amide bonds. The van der Waals surface area contributed by atoms with Crippen LogP contribution in [0.15, 0.2) is 54.6 Å². The Labute approximate surface area is 170 Å². The van der Waals surface area contributed by atoms with Gasteiger partial charge in [0.25, 0.3) is 5.91 Å². The fourth-order valence-corrected chi connectivity index (χ4v) is 4.00. The van der Waals surface area contributed by atoms with E-state index < -0.39 is 0 Å². The molecular formula is C23H25FN4O. The first-order chi connectivity index (χ1) is 14.0. The minimum Gasteiger partial charge on any atom is -0.371 e. The minimum absolute atomic E-state index is 0.105. The molecule has 5 nitrogen and oxygen atoms in total. The molecule has 1 N–H and O–H groups in total.